The Hall–Kier alpha value is -2.05. The van der Waals surface area contributed by atoms with Crippen molar-refractivity contribution in [3.05, 3.63) is 17.5 Å². The minimum Gasteiger partial charge on any atom is -0.359 e. The summed E-state index contributed by atoms with van der Waals surface area (Å²) in [7, 11) is 1.70. The molecule has 1 aromatic rings. The van der Waals surface area contributed by atoms with Gasteiger partial charge in [-0.2, -0.15) is 0 Å². The molecule has 0 aliphatic carbocycles. The number of nitrogens with zero attached hydrogens (tertiary/aromatic N) is 3. The third-order valence-electron chi connectivity index (χ3n) is 5.37. The first-order valence-electron chi connectivity index (χ1n) is 10.3. The van der Waals surface area contributed by atoms with Crippen molar-refractivity contribution in [3.63, 3.8) is 0 Å². The van der Waals surface area contributed by atoms with Crippen LogP contribution in [0.4, 0.5) is 0 Å². The van der Waals surface area contributed by atoms with Crippen LogP contribution >= 0.6 is 0 Å². The monoisotopic (exact) mass is 377 g/mol. The van der Waals surface area contributed by atoms with Gasteiger partial charge in [-0.3, -0.25) is 4.79 Å². The van der Waals surface area contributed by atoms with Gasteiger partial charge in [-0.1, -0.05) is 19.0 Å². The van der Waals surface area contributed by atoms with Crippen molar-refractivity contribution < 1.29 is 9.32 Å². The molecule has 0 unspecified atom stereocenters. The third-order valence-corrected chi connectivity index (χ3v) is 5.37. The van der Waals surface area contributed by atoms with Crippen LogP contribution in [0.25, 0.3) is 0 Å². The summed E-state index contributed by atoms with van der Waals surface area (Å²) in [4.78, 5) is 18.6. The molecule has 0 aromatic carbocycles. The highest BCUT2D eigenvalue weighted by molar-refractivity contribution is 5.80. The number of carbonyl (C=O) groups excluding carboxylic acids is 1. The van der Waals surface area contributed by atoms with Crippen molar-refractivity contribution in [2.24, 2.45) is 10.9 Å². The Morgan fingerprint density at radius 3 is 2.63 bits per heavy atom. The quantitative estimate of drug-likeness (QED) is 0.538. The minimum absolute atomic E-state index is 0.132. The lowest BCUT2D eigenvalue weighted by Crippen LogP contribution is -2.46. The molecular formula is C20H35N5O2. The number of nitrogens with one attached hydrogen (secondary N) is 2. The molecular weight excluding hydrogens is 342 g/mol. The maximum Gasteiger partial charge on any atom is 0.220 e. The number of carbonyl (C=O) groups is 1. The second kappa shape index (κ2) is 10.9. The zero-order valence-corrected chi connectivity index (χ0v) is 17.3. The molecule has 1 saturated heterocycles. The van der Waals surface area contributed by atoms with Crippen LogP contribution in [-0.2, 0) is 11.3 Å². The number of aromatic nitrogens is 1. The molecule has 2 rings (SSSR count). The molecule has 27 heavy (non-hydrogen) atoms. The summed E-state index contributed by atoms with van der Waals surface area (Å²) in [5, 5.41) is 10.3. The van der Waals surface area contributed by atoms with E-state index in [0.29, 0.717) is 24.8 Å². The fraction of sp³-hybridized carbons (Fsp3) is 0.750. The molecule has 7 nitrogen and oxygen atoms in total. The Morgan fingerprint density at radius 2 is 2.04 bits per heavy atom. The summed E-state index contributed by atoms with van der Waals surface area (Å²) in [5.41, 5.74) is 1.03. The second-order valence-electron chi connectivity index (χ2n) is 7.21. The average Bonchev–Trinajstić information content (AvgIpc) is 3.15. The molecule has 7 heteroatoms. The van der Waals surface area contributed by atoms with Crippen molar-refractivity contribution in [1.29, 1.82) is 0 Å². The molecule has 2 heterocycles. The zero-order valence-electron chi connectivity index (χ0n) is 17.3. The van der Waals surface area contributed by atoms with Gasteiger partial charge in [-0.15, -0.1) is 0 Å². The van der Waals surface area contributed by atoms with Gasteiger partial charge in [0.25, 0.3) is 0 Å². The van der Waals surface area contributed by atoms with E-state index in [4.69, 9.17) is 9.52 Å². The van der Waals surface area contributed by atoms with Gasteiger partial charge in [0.2, 0.25) is 5.91 Å². The molecule has 0 saturated carbocycles. The van der Waals surface area contributed by atoms with E-state index >= 15 is 0 Å². The zero-order chi connectivity index (χ0) is 19.6. The Labute approximate surface area is 163 Å². The predicted octanol–water partition coefficient (Wildman–Crippen LogP) is 2.89. The summed E-state index contributed by atoms with van der Waals surface area (Å²) in [6, 6.07) is 2.04. The predicted molar refractivity (Wildman–Crippen MR) is 108 cm³/mol. The highest BCUT2D eigenvalue weighted by Gasteiger charge is 2.23. The van der Waals surface area contributed by atoms with Crippen LogP contribution in [0, 0.1) is 5.92 Å². The Kier molecular flexibility index (Phi) is 8.61. The lowest BCUT2D eigenvalue weighted by Gasteiger charge is -2.34. The lowest BCUT2D eigenvalue weighted by atomic mass is 9.93. The third kappa shape index (κ3) is 6.26. The van der Waals surface area contributed by atoms with Crippen molar-refractivity contribution in [2.45, 2.75) is 65.3 Å². The fourth-order valence-electron chi connectivity index (χ4n) is 3.59. The molecule has 0 radical (unpaired) electrons. The molecule has 1 amide bonds. The number of guanidine groups is 1. The second-order valence-corrected chi connectivity index (χ2v) is 7.21. The Balaban J connectivity index is 1.94. The topological polar surface area (TPSA) is 82.8 Å². The summed E-state index contributed by atoms with van der Waals surface area (Å²) in [6.07, 6.45) is 4.78. The molecule has 1 aliphatic heterocycles. The van der Waals surface area contributed by atoms with E-state index in [1.807, 2.05) is 6.07 Å². The van der Waals surface area contributed by atoms with Gasteiger partial charge in [-0.05, 0) is 38.5 Å². The summed E-state index contributed by atoms with van der Waals surface area (Å²) >= 11 is 0. The maximum absolute atomic E-state index is 11.6. The van der Waals surface area contributed by atoms with E-state index in [2.05, 4.69) is 41.5 Å². The molecule has 1 aromatic heterocycles. The van der Waals surface area contributed by atoms with Crippen LogP contribution in [0.1, 0.15) is 70.2 Å². The fourth-order valence-corrected chi connectivity index (χ4v) is 3.59. The van der Waals surface area contributed by atoms with Crippen LogP contribution in [-0.4, -0.2) is 48.6 Å². The molecule has 0 spiro atoms. The highest BCUT2D eigenvalue weighted by Crippen LogP contribution is 2.23. The van der Waals surface area contributed by atoms with Crippen molar-refractivity contribution in [3.8, 4) is 0 Å². The molecule has 1 fully saturated rings. The van der Waals surface area contributed by atoms with Gasteiger partial charge in [0.05, 0.1) is 5.69 Å². The highest BCUT2D eigenvalue weighted by atomic mass is 16.5. The van der Waals surface area contributed by atoms with Crippen molar-refractivity contribution in [1.82, 2.24) is 20.7 Å². The first kappa shape index (κ1) is 21.3. The Morgan fingerprint density at radius 1 is 1.33 bits per heavy atom. The number of hydrogen-bond donors (Lipinski definition) is 2. The first-order valence-corrected chi connectivity index (χ1v) is 10.3. The van der Waals surface area contributed by atoms with Gasteiger partial charge < -0.3 is 20.1 Å². The van der Waals surface area contributed by atoms with Crippen LogP contribution in [0.2, 0.25) is 0 Å². The maximum atomic E-state index is 11.6. The summed E-state index contributed by atoms with van der Waals surface area (Å²) in [5.74, 6) is 2.77. The van der Waals surface area contributed by atoms with Gasteiger partial charge in [0.15, 0.2) is 11.7 Å². The van der Waals surface area contributed by atoms with Crippen LogP contribution in [0.5, 0.6) is 0 Å². The van der Waals surface area contributed by atoms with E-state index in [-0.39, 0.29) is 5.91 Å². The molecule has 0 bridgehead atoms. The normalized spacial score (nSPS) is 16.0. The van der Waals surface area contributed by atoms with E-state index in [9.17, 15) is 4.79 Å². The minimum atomic E-state index is 0.132. The van der Waals surface area contributed by atoms with Crippen molar-refractivity contribution in [2.75, 3.05) is 26.7 Å². The van der Waals surface area contributed by atoms with Gasteiger partial charge in [0, 0.05) is 45.1 Å². The first-order chi connectivity index (χ1) is 13.1. The largest absolute Gasteiger partial charge is 0.359 e. The molecule has 0 atom stereocenters. The molecule has 152 valence electrons. The van der Waals surface area contributed by atoms with Crippen LogP contribution in [0.15, 0.2) is 15.6 Å². The molecule has 1 aliphatic rings. The summed E-state index contributed by atoms with van der Waals surface area (Å²) in [6.45, 7) is 9.59. The van der Waals surface area contributed by atoms with Crippen LogP contribution < -0.4 is 10.6 Å². The van der Waals surface area contributed by atoms with Crippen LogP contribution in [0.3, 0.4) is 0 Å². The Bertz CT molecular complexity index is 601. The number of likely N-dealkylation sites (tertiary alicyclic amines) is 1. The number of piperidine rings is 1. The van der Waals surface area contributed by atoms with E-state index in [1.54, 1.807) is 7.05 Å². The van der Waals surface area contributed by atoms with E-state index < -0.39 is 0 Å². The van der Waals surface area contributed by atoms with Gasteiger partial charge in [-0.25, -0.2) is 4.99 Å². The van der Waals surface area contributed by atoms with Gasteiger partial charge in [0.1, 0.15) is 6.54 Å². The molecule has 2 N–H and O–H groups in total. The van der Waals surface area contributed by atoms with E-state index in [1.165, 1.54) is 0 Å². The average molecular weight is 378 g/mol. The van der Waals surface area contributed by atoms with E-state index in [0.717, 1.165) is 62.7 Å². The number of amides is 1. The van der Waals surface area contributed by atoms with Gasteiger partial charge >= 0.3 is 0 Å². The standard InChI is InChI=1S/C20H35N5O2/c1-5-16(6-2)18-13-17(27-24-18)14-23-20(22-7-3)25-10-8-15(9-11-25)12-19(26)21-4/h13,15-16H,5-12,14H2,1-4H3,(H,21,26)(H,22,23). The smallest absolute Gasteiger partial charge is 0.220 e. The lowest BCUT2D eigenvalue weighted by molar-refractivity contribution is -0.121. The number of hydrogen-bond acceptors (Lipinski definition) is 4. The van der Waals surface area contributed by atoms with Crippen molar-refractivity contribution >= 4 is 11.9 Å². The number of rotatable bonds is 8. The SMILES string of the molecule is CCNC(=NCc1cc(C(CC)CC)no1)N1CCC(CC(=O)NC)CC1. The summed E-state index contributed by atoms with van der Waals surface area (Å²) < 4.78 is 5.49. The number of aliphatic imine (C=N–C) groups is 1.